The fourth-order valence-corrected chi connectivity index (χ4v) is 2.83. The van der Waals surface area contributed by atoms with Gasteiger partial charge in [0.1, 0.15) is 0 Å². The minimum absolute atomic E-state index is 0.183. The number of aromatic nitrogens is 1. The van der Waals surface area contributed by atoms with E-state index in [1.54, 1.807) is 6.20 Å². The summed E-state index contributed by atoms with van der Waals surface area (Å²) >= 11 is 3.39. The van der Waals surface area contributed by atoms with Gasteiger partial charge in [-0.15, -0.1) is 0 Å². The van der Waals surface area contributed by atoms with Crippen LogP contribution in [0.1, 0.15) is 31.2 Å². The monoisotopic (exact) mass is 312 g/mol. The molecular formula is C13H17BrN2O2. The normalized spacial score (nSPS) is 23.8. The van der Waals surface area contributed by atoms with Crippen molar-refractivity contribution in [2.24, 2.45) is 5.92 Å². The lowest BCUT2D eigenvalue weighted by molar-refractivity contribution is -0.143. The molecule has 4 nitrogen and oxygen atoms in total. The quantitative estimate of drug-likeness (QED) is 0.897. The number of carboxylic acids is 1. The van der Waals surface area contributed by atoms with E-state index in [1.807, 2.05) is 12.3 Å². The minimum Gasteiger partial charge on any atom is -0.481 e. The number of rotatable bonds is 4. The molecule has 18 heavy (non-hydrogen) atoms. The molecule has 0 saturated heterocycles. The Bertz CT molecular complexity index is 425. The van der Waals surface area contributed by atoms with E-state index in [4.69, 9.17) is 5.11 Å². The topological polar surface area (TPSA) is 62.2 Å². The summed E-state index contributed by atoms with van der Waals surface area (Å²) < 4.78 is 0.967. The zero-order valence-corrected chi connectivity index (χ0v) is 11.7. The van der Waals surface area contributed by atoms with Gasteiger partial charge in [0.05, 0.1) is 5.92 Å². The highest BCUT2D eigenvalue weighted by atomic mass is 79.9. The summed E-state index contributed by atoms with van der Waals surface area (Å²) in [6, 6.07) is 2.33. The van der Waals surface area contributed by atoms with Gasteiger partial charge in [-0.3, -0.25) is 9.78 Å². The molecule has 0 aromatic carbocycles. The molecule has 2 atom stereocenters. The van der Waals surface area contributed by atoms with Gasteiger partial charge in [-0.1, -0.05) is 6.42 Å². The first-order valence-corrected chi connectivity index (χ1v) is 7.00. The number of carboxylic acid groups (broad SMARTS) is 1. The van der Waals surface area contributed by atoms with Gasteiger partial charge in [0, 0.05) is 29.5 Å². The SMILES string of the molecule is O=C(O)C1CCCC(NCc2cncc(Br)c2)C1. The number of pyridine rings is 1. The third kappa shape index (κ3) is 3.78. The summed E-state index contributed by atoms with van der Waals surface area (Å²) in [7, 11) is 0. The second-order valence-corrected chi connectivity index (χ2v) is 5.71. The van der Waals surface area contributed by atoms with Crippen LogP contribution < -0.4 is 5.32 Å². The predicted molar refractivity (Wildman–Crippen MR) is 72.2 cm³/mol. The minimum atomic E-state index is -0.661. The van der Waals surface area contributed by atoms with Crippen molar-refractivity contribution < 1.29 is 9.90 Å². The molecule has 0 radical (unpaired) electrons. The van der Waals surface area contributed by atoms with E-state index in [2.05, 4.69) is 26.2 Å². The maximum absolute atomic E-state index is 11.0. The average molecular weight is 313 g/mol. The fourth-order valence-electron chi connectivity index (χ4n) is 2.41. The molecule has 1 aromatic rings. The lowest BCUT2D eigenvalue weighted by atomic mass is 9.86. The second-order valence-electron chi connectivity index (χ2n) is 4.79. The first kappa shape index (κ1) is 13.5. The molecule has 5 heteroatoms. The highest BCUT2D eigenvalue weighted by molar-refractivity contribution is 9.10. The van der Waals surface area contributed by atoms with Crippen LogP contribution >= 0.6 is 15.9 Å². The standard InChI is InChI=1S/C13H17BrN2O2/c14-11-4-9(6-15-8-11)7-16-12-3-1-2-10(5-12)13(17)18/h4,6,8,10,12,16H,1-3,5,7H2,(H,17,18). The Morgan fingerprint density at radius 3 is 3.06 bits per heavy atom. The summed E-state index contributed by atoms with van der Waals surface area (Å²) in [5, 5.41) is 12.5. The van der Waals surface area contributed by atoms with Crippen LogP contribution in [0.4, 0.5) is 0 Å². The number of hydrogen-bond acceptors (Lipinski definition) is 3. The number of carbonyl (C=O) groups is 1. The van der Waals surface area contributed by atoms with Gasteiger partial charge in [0.25, 0.3) is 0 Å². The van der Waals surface area contributed by atoms with Crippen LogP contribution in [0.15, 0.2) is 22.9 Å². The molecule has 0 aliphatic heterocycles. The molecule has 98 valence electrons. The Morgan fingerprint density at radius 1 is 1.50 bits per heavy atom. The highest BCUT2D eigenvalue weighted by Crippen LogP contribution is 2.24. The van der Waals surface area contributed by atoms with E-state index in [9.17, 15) is 4.79 Å². The van der Waals surface area contributed by atoms with E-state index in [-0.39, 0.29) is 5.92 Å². The molecule has 1 aliphatic rings. The van der Waals surface area contributed by atoms with Crippen LogP contribution in [0.25, 0.3) is 0 Å². The summed E-state index contributed by atoms with van der Waals surface area (Å²) in [5.74, 6) is -0.845. The number of nitrogens with zero attached hydrogens (tertiary/aromatic N) is 1. The maximum atomic E-state index is 11.0. The molecule has 2 unspecified atom stereocenters. The van der Waals surface area contributed by atoms with Gasteiger partial charge in [0.2, 0.25) is 0 Å². The number of nitrogens with one attached hydrogen (secondary N) is 1. The van der Waals surface area contributed by atoms with Crippen molar-refractivity contribution >= 4 is 21.9 Å². The zero-order valence-electron chi connectivity index (χ0n) is 10.1. The molecule has 1 saturated carbocycles. The molecule has 1 aromatic heterocycles. The summed E-state index contributed by atoms with van der Waals surface area (Å²) in [4.78, 5) is 15.1. The van der Waals surface area contributed by atoms with E-state index < -0.39 is 5.97 Å². The molecule has 2 N–H and O–H groups in total. The molecular weight excluding hydrogens is 296 g/mol. The van der Waals surface area contributed by atoms with E-state index in [1.165, 1.54) is 0 Å². The Hall–Kier alpha value is -0.940. The first-order chi connectivity index (χ1) is 8.65. The predicted octanol–water partition coefficient (Wildman–Crippen LogP) is 2.58. The third-order valence-electron chi connectivity index (χ3n) is 3.38. The largest absolute Gasteiger partial charge is 0.481 e. The summed E-state index contributed by atoms with van der Waals surface area (Å²) in [6.07, 6.45) is 7.18. The van der Waals surface area contributed by atoms with E-state index in [0.29, 0.717) is 6.04 Å². The van der Waals surface area contributed by atoms with Crippen LogP contribution in [0.3, 0.4) is 0 Å². The molecule has 1 aliphatic carbocycles. The van der Waals surface area contributed by atoms with Crippen molar-refractivity contribution in [3.63, 3.8) is 0 Å². The Morgan fingerprint density at radius 2 is 2.33 bits per heavy atom. The van der Waals surface area contributed by atoms with Crippen molar-refractivity contribution in [2.75, 3.05) is 0 Å². The summed E-state index contributed by atoms with van der Waals surface area (Å²) in [6.45, 7) is 0.740. The lowest BCUT2D eigenvalue weighted by Gasteiger charge is -2.27. The zero-order chi connectivity index (χ0) is 13.0. The van der Waals surface area contributed by atoms with Crippen molar-refractivity contribution in [3.8, 4) is 0 Å². The van der Waals surface area contributed by atoms with Crippen LogP contribution in [0, 0.1) is 5.92 Å². The van der Waals surface area contributed by atoms with Crippen LogP contribution in [-0.2, 0) is 11.3 Å². The van der Waals surface area contributed by atoms with Crippen molar-refractivity contribution in [1.82, 2.24) is 10.3 Å². The van der Waals surface area contributed by atoms with E-state index in [0.717, 1.165) is 42.3 Å². The van der Waals surface area contributed by atoms with Crippen molar-refractivity contribution in [1.29, 1.82) is 0 Å². The molecule has 0 bridgehead atoms. The number of aliphatic carboxylic acids is 1. The maximum Gasteiger partial charge on any atom is 0.306 e. The Labute approximate surface area is 115 Å². The molecule has 2 rings (SSSR count). The van der Waals surface area contributed by atoms with Gasteiger partial charge >= 0.3 is 5.97 Å². The van der Waals surface area contributed by atoms with Crippen molar-refractivity contribution in [3.05, 3.63) is 28.5 Å². The average Bonchev–Trinajstić information content (AvgIpc) is 2.37. The first-order valence-electron chi connectivity index (χ1n) is 6.21. The van der Waals surface area contributed by atoms with Crippen LogP contribution in [0.2, 0.25) is 0 Å². The van der Waals surface area contributed by atoms with Gasteiger partial charge in [-0.2, -0.15) is 0 Å². The van der Waals surface area contributed by atoms with E-state index >= 15 is 0 Å². The Balaban J connectivity index is 1.84. The molecule has 0 amide bonds. The fraction of sp³-hybridized carbons (Fsp3) is 0.538. The van der Waals surface area contributed by atoms with Gasteiger partial charge in [-0.05, 0) is 46.8 Å². The Kier molecular flexibility index (Phi) is 4.72. The molecule has 1 fully saturated rings. The van der Waals surface area contributed by atoms with Gasteiger partial charge < -0.3 is 10.4 Å². The lowest BCUT2D eigenvalue weighted by Crippen LogP contribution is -2.36. The molecule has 0 spiro atoms. The number of halogens is 1. The number of hydrogen-bond donors (Lipinski definition) is 2. The van der Waals surface area contributed by atoms with Crippen LogP contribution in [0.5, 0.6) is 0 Å². The highest BCUT2D eigenvalue weighted by Gasteiger charge is 2.26. The van der Waals surface area contributed by atoms with Crippen LogP contribution in [-0.4, -0.2) is 22.1 Å². The summed E-state index contributed by atoms with van der Waals surface area (Å²) in [5.41, 5.74) is 1.11. The second kappa shape index (κ2) is 6.29. The third-order valence-corrected chi connectivity index (χ3v) is 3.81. The smallest absolute Gasteiger partial charge is 0.306 e. The van der Waals surface area contributed by atoms with Gasteiger partial charge in [-0.25, -0.2) is 0 Å². The van der Waals surface area contributed by atoms with Crippen molar-refractivity contribution in [2.45, 2.75) is 38.3 Å². The van der Waals surface area contributed by atoms with Gasteiger partial charge in [0.15, 0.2) is 0 Å². The molecule has 1 heterocycles.